The lowest BCUT2D eigenvalue weighted by atomic mass is 10.2. The summed E-state index contributed by atoms with van der Waals surface area (Å²) in [4.78, 5) is 19.0. The highest BCUT2D eigenvalue weighted by atomic mass is 16.1. The topological polar surface area (TPSA) is 80.4 Å². The van der Waals surface area contributed by atoms with E-state index in [1.165, 1.54) is 0 Å². The fourth-order valence-electron chi connectivity index (χ4n) is 1.31. The normalized spacial score (nSPS) is 14.4. The van der Waals surface area contributed by atoms with Crippen LogP contribution in [0.4, 0.5) is 5.69 Å². The summed E-state index contributed by atoms with van der Waals surface area (Å²) < 4.78 is 0. The predicted octanol–water partition coefficient (Wildman–Crippen LogP) is 0.317. The van der Waals surface area contributed by atoms with Gasteiger partial charge in [-0.05, 0) is 18.2 Å². The SMILES string of the molecule is NC(=O)C1=CCN=C1Nc1ccncc1. The molecule has 0 radical (unpaired) electrons. The van der Waals surface area contributed by atoms with Crippen molar-refractivity contribution in [2.75, 3.05) is 11.9 Å². The van der Waals surface area contributed by atoms with Crippen LogP contribution in [0.5, 0.6) is 0 Å². The van der Waals surface area contributed by atoms with Gasteiger partial charge >= 0.3 is 0 Å². The molecule has 1 aliphatic heterocycles. The minimum Gasteiger partial charge on any atom is -0.365 e. The Hall–Kier alpha value is -2.17. The number of rotatable bonds is 2. The number of nitrogens with zero attached hydrogens (tertiary/aromatic N) is 2. The van der Waals surface area contributed by atoms with Crippen molar-refractivity contribution in [3.63, 3.8) is 0 Å². The molecule has 15 heavy (non-hydrogen) atoms. The molecule has 0 atom stereocenters. The Kier molecular flexibility index (Phi) is 2.45. The van der Waals surface area contributed by atoms with Gasteiger partial charge in [-0.2, -0.15) is 0 Å². The minimum atomic E-state index is -0.465. The van der Waals surface area contributed by atoms with Gasteiger partial charge in [0.05, 0.1) is 12.1 Å². The number of nitrogens with two attached hydrogens (primary N) is 1. The van der Waals surface area contributed by atoms with E-state index in [1.54, 1.807) is 30.6 Å². The van der Waals surface area contributed by atoms with Gasteiger partial charge in [-0.3, -0.25) is 14.8 Å². The van der Waals surface area contributed by atoms with Crippen molar-refractivity contribution in [2.24, 2.45) is 10.7 Å². The van der Waals surface area contributed by atoms with Crippen LogP contribution in [0.15, 0.2) is 41.2 Å². The second kappa shape index (κ2) is 3.91. The van der Waals surface area contributed by atoms with E-state index in [4.69, 9.17) is 5.73 Å². The number of carbonyl (C=O) groups excluding carboxylic acids is 1. The van der Waals surface area contributed by atoms with Gasteiger partial charge in [-0.25, -0.2) is 0 Å². The summed E-state index contributed by atoms with van der Waals surface area (Å²) in [5, 5.41) is 3.01. The van der Waals surface area contributed by atoms with E-state index < -0.39 is 5.91 Å². The zero-order valence-electron chi connectivity index (χ0n) is 7.97. The van der Waals surface area contributed by atoms with Crippen LogP contribution in [0.25, 0.3) is 0 Å². The molecule has 0 fully saturated rings. The first-order valence-corrected chi connectivity index (χ1v) is 4.49. The summed E-state index contributed by atoms with van der Waals surface area (Å²) >= 11 is 0. The van der Waals surface area contributed by atoms with Crippen molar-refractivity contribution in [2.45, 2.75) is 0 Å². The Morgan fingerprint density at radius 1 is 1.40 bits per heavy atom. The van der Waals surface area contributed by atoms with Crippen molar-refractivity contribution < 1.29 is 4.79 Å². The highest BCUT2D eigenvalue weighted by Crippen LogP contribution is 2.10. The maximum atomic E-state index is 11.0. The minimum absolute atomic E-state index is 0.437. The molecule has 0 unspecified atom stereocenters. The van der Waals surface area contributed by atoms with E-state index in [0.29, 0.717) is 18.0 Å². The van der Waals surface area contributed by atoms with Gasteiger partial charge in [-0.15, -0.1) is 0 Å². The number of aromatic nitrogens is 1. The molecule has 1 aromatic heterocycles. The number of hydrogen-bond donors (Lipinski definition) is 2. The van der Waals surface area contributed by atoms with Crippen molar-refractivity contribution in [3.8, 4) is 0 Å². The van der Waals surface area contributed by atoms with Gasteiger partial charge in [0, 0.05) is 18.1 Å². The van der Waals surface area contributed by atoms with Crippen LogP contribution in [0.1, 0.15) is 0 Å². The predicted molar refractivity (Wildman–Crippen MR) is 57.4 cm³/mol. The average molecular weight is 202 g/mol. The molecule has 3 N–H and O–H groups in total. The highest BCUT2D eigenvalue weighted by Gasteiger charge is 2.16. The Labute approximate surface area is 86.7 Å². The second-order valence-corrected chi connectivity index (χ2v) is 3.03. The number of anilines is 1. The molecule has 5 nitrogen and oxygen atoms in total. The summed E-state index contributed by atoms with van der Waals surface area (Å²) in [6.07, 6.45) is 5.02. The van der Waals surface area contributed by atoms with Crippen molar-refractivity contribution in [1.29, 1.82) is 0 Å². The Morgan fingerprint density at radius 3 is 2.80 bits per heavy atom. The molecule has 0 aliphatic carbocycles. The van der Waals surface area contributed by atoms with E-state index >= 15 is 0 Å². The number of nitrogens with one attached hydrogen (secondary N) is 1. The molecule has 0 bridgehead atoms. The number of pyridine rings is 1. The van der Waals surface area contributed by atoms with Crippen LogP contribution >= 0.6 is 0 Å². The van der Waals surface area contributed by atoms with Crippen LogP contribution in [0.2, 0.25) is 0 Å². The first-order valence-electron chi connectivity index (χ1n) is 4.49. The van der Waals surface area contributed by atoms with E-state index in [9.17, 15) is 4.79 Å². The van der Waals surface area contributed by atoms with Gasteiger partial charge in [0.1, 0.15) is 5.84 Å². The molecule has 1 amide bonds. The first-order chi connectivity index (χ1) is 7.27. The van der Waals surface area contributed by atoms with Crippen LogP contribution < -0.4 is 11.1 Å². The smallest absolute Gasteiger partial charge is 0.252 e. The lowest BCUT2D eigenvalue weighted by molar-refractivity contribution is -0.114. The Balaban J connectivity index is 2.15. The number of primary amides is 1. The molecule has 0 saturated heterocycles. The summed E-state index contributed by atoms with van der Waals surface area (Å²) in [6, 6.07) is 3.58. The molecular formula is C10H10N4O. The first kappa shape index (κ1) is 9.39. The van der Waals surface area contributed by atoms with E-state index in [1.807, 2.05) is 0 Å². The standard InChI is InChI=1S/C10H10N4O/c11-9(15)8-3-6-13-10(8)14-7-1-4-12-5-2-7/h1-5H,6H2,(H2,11,15)(H,12,13,14). The van der Waals surface area contributed by atoms with Crippen molar-refractivity contribution in [3.05, 3.63) is 36.2 Å². The molecular weight excluding hydrogens is 192 g/mol. The van der Waals surface area contributed by atoms with E-state index in [-0.39, 0.29) is 0 Å². The average Bonchev–Trinajstić information content (AvgIpc) is 2.67. The van der Waals surface area contributed by atoms with Crippen molar-refractivity contribution in [1.82, 2.24) is 4.98 Å². The molecule has 2 rings (SSSR count). The number of amides is 1. The monoisotopic (exact) mass is 202 g/mol. The number of carbonyl (C=O) groups is 1. The fourth-order valence-corrected chi connectivity index (χ4v) is 1.31. The maximum Gasteiger partial charge on any atom is 0.252 e. The molecule has 5 heteroatoms. The van der Waals surface area contributed by atoms with Crippen LogP contribution in [-0.4, -0.2) is 23.3 Å². The second-order valence-electron chi connectivity index (χ2n) is 3.03. The van der Waals surface area contributed by atoms with Crippen LogP contribution in [-0.2, 0) is 4.79 Å². The van der Waals surface area contributed by atoms with Gasteiger partial charge < -0.3 is 11.1 Å². The summed E-state index contributed by atoms with van der Waals surface area (Å²) in [5.74, 6) is 0.0570. The summed E-state index contributed by atoms with van der Waals surface area (Å²) in [7, 11) is 0. The third kappa shape index (κ3) is 2.01. The molecule has 0 saturated carbocycles. The highest BCUT2D eigenvalue weighted by molar-refractivity contribution is 6.25. The van der Waals surface area contributed by atoms with E-state index in [0.717, 1.165) is 5.69 Å². The number of hydrogen-bond acceptors (Lipinski definition) is 4. The molecule has 2 heterocycles. The quantitative estimate of drug-likeness (QED) is 0.724. The van der Waals surface area contributed by atoms with Gasteiger partial charge in [0.15, 0.2) is 0 Å². The third-order valence-electron chi connectivity index (χ3n) is 2.01. The van der Waals surface area contributed by atoms with Gasteiger partial charge in [0.25, 0.3) is 5.91 Å². The summed E-state index contributed by atoms with van der Waals surface area (Å²) in [5.41, 5.74) is 6.47. The van der Waals surface area contributed by atoms with Crippen molar-refractivity contribution >= 4 is 17.4 Å². The van der Waals surface area contributed by atoms with Gasteiger partial charge in [-0.1, -0.05) is 0 Å². The van der Waals surface area contributed by atoms with Crippen LogP contribution in [0.3, 0.4) is 0 Å². The fraction of sp³-hybridized carbons (Fsp3) is 0.100. The van der Waals surface area contributed by atoms with Gasteiger partial charge in [0.2, 0.25) is 0 Å². The lowest BCUT2D eigenvalue weighted by Crippen LogP contribution is -2.24. The summed E-state index contributed by atoms with van der Waals surface area (Å²) in [6.45, 7) is 0.492. The molecule has 76 valence electrons. The zero-order valence-corrected chi connectivity index (χ0v) is 7.97. The molecule has 0 aromatic carbocycles. The molecule has 0 spiro atoms. The number of aliphatic imine (C=N–C) groups is 1. The maximum absolute atomic E-state index is 11.0. The van der Waals surface area contributed by atoms with E-state index in [2.05, 4.69) is 15.3 Å². The zero-order chi connectivity index (χ0) is 10.7. The Morgan fingerprint density at radius 2 is 2.13 bits per heavy atom. The lowest BCUT2D eigenvalue weighted by Gasteiger charge is -2.06. The largest absolute Gasteiger partial charge is 0.365 e. The molecule has 1 aromatic rings. The third-order valence-corrected chi connectivity index (χ3v) is 2.01. The Bertz CT molecular complexity index is 436. The van der Waals surface area contributed by atoms with Crippen LogP contribution in [0, 0.1) is 0 Å². The molecule has 1 aliphatic rings. The number of amidine groups is 1.